The molecule has 0 radical (unpaired) electrons. The van der Waals surface area contributed by atoms with Gasteiger partial charge in [0.2, 0.25) is 5.91 Å². The van der Waals surface area contributed by atoms with Gasteiger partial charge in [-0.25, -0.2) is 0 Å². The molecule has 1 heterocycles. The van der Waals surface area contributed by atoms with E-state index in [0.29, 0.717) is 36.5 Å². The highest BCUT2D eigenvalue weighted by Crippen LogP contribution is 2.21. The Kier molecular flexibility index (Phi) is 5.12. The summed E-state index contributed by atoms with van der Waals surface area (Å²) in [6, 6.07) is 6.98. The highest BCUT2D eigenvalue weighted by molar-refractivity contribution is 6.30. The second-order valence-corrected chi connectivity index (χ2v) is 7.25. The molecule has 1 fully saturated rings. The van der Waals surface area contributed by atoms with E-state index in [4.69, 9.17) is 11.6 Å². The molecule has 1 aliphatic rings. The highest BCUT2D eigenvalue weighted by atomic mass is 35.5. The lowest BCUT2D eigenvalue weighted by Crippen LogP contribution is -2.47. The summed E-state index contributed by atoms with van der Waals surface area (Å²) in [5, 5.41) is 3.57. The summed E-state index contributed by atoms with van der Waals surface area (Å²) < 4.78 is 0. The number of benzene rings is 1. The van der Waals surface area contributed by atoms with Crippen LogP contribution in [0.2, 0.25) is 5.02 Å². The number of nitrogens with zero attached hydrogens (tertiary/aromatic N) is 1. The SMILES string of the molecule is CC(C)(C)NC(=O)C1CCN(C(=O)c2cccc(Cl)c2)CC1. The van der Waals surface area contributed by atoms with E-state index in [-0.39, 0.29) is 23.3 Å². The van der Waals surface area contributed by atoms with E-state index in [2.05, 4.69) is 5.32 Å². The maximum Gasteiger partial charge on any atom is 0.253 e. The molecule has 120 valence electrons. The second kappa shape index (κ2) is 6.69. The molecule has 1 aromatic carbocycles. The van der Waals surface area contributed by atoms with Crippen LogP contribution in [0.3, 0.4) is 0 Å². The van der Waals surface area contributed by atoms with Crippen molar-refractivity contribution in [1.82, 2.24) is 10.2 Å². The molecule has 1 saturated heterocycles. The second-order valence-electron chi connectivity index (χ2n) is 6.82. The summed E-state index contributed by atoms with van der Waals surface area (Å²) in [7, 11) is 0. The first-order valence-electron chi connectivity index (χ1n) is 7.63. The van der Waals surface area contributed by atoms with Gasteiger partial charge >= 0.3 is 0 Å². The first-order valence-corrected chi connectivity index (χ1v) is 8.01. The summed E-state index contributed by atoms with van der Waals surface area (Å²) in [6.45, 7) is 7.13. The number of carbonyl (C=O) groups is 2. The van der Waals surface area contributed by atoms with Crippen molar-refractivity contribution in [2.75, 3.05) is 13.1 Å². The molecule has 0 aromatic heterocycles. The number of rotatable bonds is 2. The molecule has 5 heteroatoms. The van der Waals surface area contributed by atoms with Crippen LogP contribution < -0.4 is 5.32 Å². The topological polar surface area (TPSA) is 49.4 Å². The molecule has 1 aliphatic heterocycles. The predicted octanol–water partition coefficient (Wildman–Crippen LogP) is 3.11. The van der Waals surface area contributed by atoms with Crippen molar-refractivity contribution >= 4 is 23.4 Å². The Morgan fingerprint density at radius 2 is 1.86 bits per heavy atom. The average molecular weight is 323 g/mol. The number of carbonyl (C=O) groups excluding carboxylic acids is 2. The molecule has 2 rings (SSSR count). The van der Waals surface area contributed by atoms with E-state index in [9.17, 15) is 9.59 Å². The highest BCUT2D eigenvalue weighted by Gasteiger charge is 2.29. The molecule has 4 nitrogen and oxygen atoms in total. The molecule has 1 N–H and O–H groups in total. The molecule has 0 unspecified atom stereocenters. The summed E-state index contributed by atoms with van der Waals surface area (Å²) in [5.74, 6) is 0.0576. The first kappa shape index (κ1) is 16.8. The number of nitrogens with one attached hydrogen (secondary N) is 1. The fourth-order valence-electron chi connectivity index (χ4n) is 2.62. The third-order valence-corrected chi connectivity index (χ3v) is 3.96. The van der Waals surface area contributed by atoms with Gasteiger partial charge in [0.1, 0.15) is 0 Å². The fraction of sp³-hybridized carbons (Fsp3) is 0.529. The van der Waals surface area contributed by atoms with Crippen LogP contribution in [-0.2, 0) is 4.79 Å². The minimum atomic E-state index is -0.217. The number of amides is 2. The Morgan fingerprint density at radius 3 is 2.41 bits per heavy atom. The number of halogens is 1. The van der Waals surface area contributed by atoms with Gasteiger partial charge in [0.15, 0.2) is 0 Å². The molecule has 0 aliphatic carbocycles. The molecular formula is C17H23ClN2O2. The van der Waals surface area contributed by atoms with Crippen molar-refractivity contribution in [3.8, 4) is 0 Å². The summed E-state index contributed by atoms with van der Waals surface area (Å²) in [4.78, 5) is 26.4. The van der Waals surface area contributed by atoms with Crippen LogP contribution in [0.1, 0.15) is 44.0 Å². The minimum Gasteiger partial charge on any atom is -0.351 e. The first-order chi connectivity index (χ1) is 10.3. The van der Waals surface area contributed by atoms with Gasteiger partial charge < -0.3 is 10.2 Å². The fourth-order valence-corrected chi connectivity index (χ4v) is 2.81. The van der Waals surface area contributed by atoms with Gasteiger partial charge in [-0.1, -0.05) is 17.7 Å². The smallest absolute Gasteiger partial charge is 0.253 e. The van der Waals surface area contributed by atoms with Crippen molar-refractivity contribution in [3.05, 3.63) is 34.9 Å². The van der Waals surface area contributed by atoms with E-state index < -0.39 is 0 Å². The van der Waals surface area contributed by atoms with Gasteiger partial charge in [0.05, 0.1) is 0 Å². The van der Waals surface area contributed by atoms with Crippen LogP contribution in [0.5, 0.6) is 0 Å². The molecule has 0 spiro atoms. The normalized spacial score (nSPS) is 16.5. The number of hydrogen-bond donors (Lipinski definition) is 1. The minimum absolute atomic E-state index is 0.0114. The zero-order chi connectivity index (χ0) is 16.3. The average Bonchev–Trinajstić information content (AvgIpc) is 2.45. The van der Waals surface area contributed by atoms with Crippen LogP contribution in [0.4, 0.5) is 0 Å². The zero-order valence-corrected chi connectivity index (χ0v) is 14.1. The summed E-state index contributed by atoms with van der Waals surface area (Å²) in [6.07, 6.45) is 1.41. The number of likely N-dealkylation sites (tertiary alicyclic amines) is 1. The van der Waals surface area contributed by atoms with Crippen LogP contribution >= 0.6 is 11.6 Å². The van der Waals surface area contributed by atoms with Crippen LogP contribution in [0, 0.1) is 5.92 Å². The maximum absolute atomic E-state index is 12.4. The summed E-state index contributed by atoms with van der Waals surface area (Å²) in [5.41, 5.74) is 0.385. The molecule has 0 atom stereocenters. The molecule has 22 heavy (non-hydrogen) atoms. The Hall–Kier alpha value is -1.55. The van der Waals surface area contributed by atoms with Crippen molar-refractivity contribution in [2.24, 2.45) is 5.92 Å². The van der Waals surface area contributed by atoms with E-state index >= 15 is 0 Å². The third-order valence-electron chi connectivity index (χ3n) is 3.72. The molecule has 0 saturated carbocycles. The van der Waals surface area contributed by atoms with Crippen molar-refractivity contribution in [3.63, 3.8) is 0 Å². The van der Waals surface area contributed by atoms with Crippen LogP contribution in [0.25, 0.3) is 0 Å². The van der Waals surface area contributed by atoms with Crippen LogP contribution in [-0.4, -0.2) is 35.3 Å². The van der Waals surface area contributed by atoms with E-state index in [1.54, 1.807) is 29.2 Å². The van der Waals surface area contributed by atoms with Crippen LogP contribution in [0.15, 0.2) is 24.3 Å². The standard InChI is InChI=1S/C17H23ClN2O2/c1-17(2,3)19-15(21)12-7-9-20(10-8-12)16(22)13-5-4-6-14(18)11-13/h4-6,11-12H,7-10H2,1-3H3,(H,19,21). The zero-order valence-electron chi connectivity index (χ0n) is 13.4. The molecule has 1 aromatic rings. The Morgan fingerprint density at radius 1 is 1.23 bits per heavy atom. The molecular weight excluding hydrogens is 300 g/mol. The largest absolute Gasteiger partial charge is 0.351 e. The van der Waals surface area contributed by atoms with E-state index in [1.165, 1.54) is 0 Å². The molecule has 2 amide bonds. The number of piperidine rings is 1. The van der Waals surface area contributed by atoms with E-state index in [0.717, 1.165) is 0 Å². The van der Waals surface area contributed by atoms with E-state index in [1.807, 2.05) is 20.8 Å². The molecule has 0 bridgehead atoms. The van der Waals surface area contributed by atoms with Gasteiger partial charge in [-0.2, -0.15) is 0 Å². The van der Waals surface area contributed by atoms with Gasteiger partial charge in [0, 0.05) is 35.1 Å². The van der Waals surface area contributed by atoms with Gasteiger partial charge in [-0.3, -0.25) is 9.59 Å². The lowest BCUT2D eigenvalue weighted by Gasteiger charge is -2.33. The predicted molar refractivity (Wildman–Crippen MR) is 88.0 cm³/mol. The monoisotopic (exact) mass is 322 g/mol. The van der Waals surface area contributed by atoms with Crippen molar-refractivity contribution < 1.29 is 9.59 Å². The van der Waals surface area contributed by atoms with Crippen molar-refractivity contribution in [2.45, 2.75) is 39.2 Å². The van der Waals surface area contributed by atoms with Crippen molar-refractivity contribution in [1.29, 1.82) is 0 Å². The maximum atomic E-state index is 12.4. The Labute approximate surface area is 136 Å². The van der Waals surface area contributed by atoms with Gasteiger partial charge in [-0.15, -0.1) is 0 Å². The number of hydrogen-bond acceptors (Lipinski definition) is 2. The lowest BCUT2D eigenvalue weighted by molar-refractivity contribution is -0.127. The Bertz CT molecular complexity index is 558. The lowest BCUT2D eigenvalue weighted by atomic mass is 9.94. The third kappa shape index (κ3) is 4.47. The van der Waals surface area contributed by atoms with Gasteiger partial charge in [-0.05, 0) is 51.8 Å². The van der Waals surface area contributed by atoms with Gasteiger partial charge in [0.25, 0.3) is 5.91 Å². The summed E-state index contributed by atoms with van der Waals surface area (Å²) >= 11 is 5.93. The Balaban J connectivity index is 1.92. The quantitative estimate of drug-likeness (QED) is 0.909.